The van der Waals surface area contributed by atoms with Crippen LogP contribution in [0.5, 0.6) is 17.2 Å². The van der Waals surface area contributed by atoms with Crippen LogP contribution in [-0.4, -0.2) is 21.3 Å². The molecular weight excluding hydrogens is 302 g/mol. The van der Waals surface area contributed by atoms with E-state index >= 15 is 0 Å². The van der Waals surface area contributed by atoms with Gasteiger partial charge in [0.05, 0.1) is 32.8 Å². The van der Waals surface area contributed by atoms with Gasteiger partial charge in [-0.3, -0.25) is 0 Å². The fraction of sp³-hybridized carbons (Fsp3) is 0.588. The Morgan fingerprint density at radius 2 is 1.59 bits per heavy atom. The minimum absolute atomic E-state index is 0. The van der Waals surface area contributed by atoms with Gasteiger partial charge in [-0.1, -0.05) is 27.2 Å². The van der Waals surface area contributed by atoms with Crippen LogP contribution in [0.15, 0.2) is 12.1 Å². The van der Waals surface area contributed by atoms with Crippen molar-refractivity contribution in [1.29, 1.82) is 5.26 Å². The lowest BCUT2D eigenvalue weighted by Crippen LogP contribution is -2.30. The van der Waals surface area contributed by atoms with Crippen molar-refractivity contribution in [3.63, 3.8) is 0 Å². The number of halogens is 1. The predicted molar refractivity (Wildman–Crippen MR) is 90.4 cm³/mol. The van der Waals surface area contributed by atoms with Crippen molar-refractivity contribution in [3.8, 4) is 23.3 Å². The van der Waals surface area contributed by atoms with Crippen molar-refractivity contribution < 1.29 is 14.2 Å². The molecule has 1 atom stereocenters. The van der Waals surface area contributed by atoms with E-state index < -0.39 is 5.41 Å². The van der Waals surface area contributed by atoms with Gasteiger partial charge in [0.1, 0.15) is 0 Å². The van der Waals surface area contributed by atoms with E-state index in [1.54, 1.807) is 21.3 Å². The summed E-state index contributed by atoms with van der Waals surface area (Å²) >= 11 is 0. The molecule has 0 radical (unpaired) electrons. The summed E-state index contributed by atoms with van der Waals surface area (Å²) in [5.74, 6) is 1.91. The maximum absolute atomic E-state index is 9.82. The van der Waals surface area contributed by atoms with Gasteiger partial charge in [-0.15, -0.1) is 12.4 Å². The number of methoxy groups -OCH3 is 3. The molecule has 0 spiro atoms. The largest absolute Gasteiger partial charge is 0.493 e. The summed E-state index contributed by atoms with van der Waals surface area (Å²) in [5.41, 5.74) is 0.359. The highest BCUT2D eigenvalue weighted by molar-refractivity contribution is 5.85. The summed E-state index contributed by atoms with van der Waals surface area (Å²) in [4.78, 5) is 0. The molecular formula is C17H26ClNO3. The van der Waals surface area contributed by atoms with Crippen molar-refractivity contribution in [2.75, 3.05) is 21.3 Å². The molecule has 5 heteroatoms. The molecule has 4 nitrogen and oxygen atoms in total. The Labute approximate surface area is 139 Å². The van der Waals surface area contributed by atoms with Crippen LogP contribution in [0.4, 0.5) is 0 Å². The van der Waals surface area contributed by atoms with Gasteiger partial charge >= 0.3 is 0 Å². The lowest BCUT2D eigenvalue weighted by atomic mass is 9.70. The normalized spacial score (nSPS) is 12.8. The third-order valence-corrected chi connectivity index (χ3v) is 4.01. The van der Waals surface area contributed by atoms with Crippen LogP contribution in [0.25, 0.3) is 0 Å². The first kappa shape index (κ1) is 20.4. The van der Waals surface area contributed by atoms with E-state index in [1.807, 2.05) is 12.1 Å². The highest BCUT2D eigenvalue weighted by atomic mass is 35.5. The van der Waals surface area contributed by atoms with E-state index in [2.05, 4.69) is 26.8 Å². The van der Waals surface area contributed by atoms with Crippen LogP contribution in [-0.2, 0) is 5.41 Å². The number of ether oxygens (including phenoxy) is 3. The standard InChI is InChI=1S/C17H25NO3.ClH/c1-7-8-17(11-18,12(2)3)13-9-14(19-4)16(21-6)15(10-13)20-5;/h9-10,12H,7-8H2,1-6H3;1H. The maximum Gasteiger partial charge on any atom is 0.203 e. The molecule has 22 heavy (non-hydrogen) atoms. The molecule has 0 fully saturated rings. The number of hydrogen-bond acceptors (Lipinski definition) is 4. The molecule has 0 aromatic heterocycles. The summed E-state index contributed by atoms with van der Waals surface area (Å²) in [5, 5.41) is 9.82. The van der Waals surface area contributed by atoms with Gasteiger partial charge in [0, 0.05) is 0 Å². The quantitative estimate of drug-likeness (QED) is 0.747. The van der Waals surface area contributed by atoms with E-state index in [0.717, 1.165) is 18.4 Å². The Balaban J connectivity index is 0.00000441. The number of hydrogen-bond donors (Lipinski definition) is 0. The van der Waals surface area contributed by atoms with Crippen LogP contribution in [0.3, 0.4) is 0 Å². The first-order valence-electron chi connectivity index (χ1n) is 7.22. The van der Waals surface area contributed by atoms with Crippen molar-refractivity contribution in [2.24, 2.45) is 5.92 Å². The Hall–Kier alpha value is -1.60. The fourth-order valence-corrected chi connectivity index (χ4v) is 2.75. The number of nitrogens with zero attached hydrogens (tertiary/aromatic N) is 1. The Morgan fingerprint density at radius 3 is 1.86 bits per heavy atom. The smallest absolute Gasteiger partial charge is 0.203 e. The SMILES string of the molecule is CCCC(C#N)(c1cc(OC)c(OC)c(OC)c1)C(C)C.Cl. The Bertz CT molecular complexity index is 500. The summed E-state index contributed by atoms with van der Waals surface area (Å²) in [6, 6.07) is 6.30. The summed E-state index contributed by atoms with van der Waals surface area (Å²) in [6.07, 6.45) is 1.72. The summed E-state index contributed by atoms with van der Waals surface area (Å²) in [7, 11) is 4.75. The maximum atomic E-state index is 9.82. The van der Waals surface area contributed by atoms with Gasteiger partial charge in [0.25, 0.3) is 0 Å². The second-order valence-electron chi connectivity index (χ2n) is 5.40. The van der Waals surface area contributed by atoms with E-state index in [4.69, 9.17) is 14.2 Å². The van der Waals surface area contributed by atoms with Crippen molar-refractivity contribution in [3.05, 3.63) is 17.7 Å². The lowest BCUT2D eigenvalue weighted by molar-refractivity contribution is 0.317. The molecule has 0 heterocycles. The van der Waals surface area contributed by atoms with Gasteiger partial charge in [0.2, 0.25) is 5.75 Å². The first-order valence-corrected chi connectivity index (χ1v) is 7.22. The predicted octanol–water partition coefficient (Wildman–Crippen LogP) is 4.35. The topological polar surface area (TPSA) is 51.5 Å². The zero-order valence-electron chi connectivity index (χ0n) is 14.2. The zero-order valence-corrected chi connectivity index (χ0v) is 15.0. The highest BCUT2D eigenvalue weighted by Gasteiger charge is 2.36. The van der Waals surface area contributed by atoms with Gasteiger partial charge in [0.15, 0.2) is 11.5 Å². The minimum atomic E-state index is -0.554. The molecule has 1 aromatic rings. The van der Waals surface area contributed by atoms with E-state index in [9.17, 15) is 5.26 Å². The molecule has 124 valence electrons. The van der Waals surface area contributed by atoms with Gasteiger partial charge in [-0.2, -0.15) is 5.26 Å². The second kappa shape index (κ2) is 8.75. The van der Waals surface area contributed by atoms with E-state index in [0.29, 0.717) is 17.2 Å². The van der Waals surface area contributed by atoms with Gasteiger partial charge < -0.3 is 14.2 Å². The second-order valence-corrected chi connectivity index (χ2v) is 5.40. The van der Waals surface area contributed by atoms with E-state index in [-0.39, 0.29) is 18.3 Å². The molecule has 0 N–H and O–H groups in total. The number of benzene rings is 1. The summed E-state index contributed by atoms with van der Waals surface area (Å²) in [6.45, 7) is 6.23. The number of nitriles is 1. The Morgan fingerprint density at radius 1 is 1.09 bits per heavy atom. The monoisotopic (exact) mass is 327 g/mol. The van der Waals surface area contributed by atoms with Crippen LogP contribution in [0, 0.1) is 17.2 Å². The molecule has 0 aliphatic rings. The van der Waals surface area contributed by atoms with E-state index in [1.165, 1.54) is 0 Å². The molecule has 1 unspecified atom stereocenters. The van der Waals surface area contributed by atoms with Crippen molar-refractivity contribution in [1.82, 2.24) is 0 Å². The zero-order chi connectivity index (χ0) is 16.0. The molecule has 1 rings (SSSR count). The minimum Gasteiger partial charge on any atom is -0.493 e. The van der Waals surface area contributed by atoms with Crippen molar-refractivity contribution in [2.45, 2.75) is 39.0 Å². The summed E-state index contributed by atoms with van der Waals surface area (Å²) < 4.78 is 16.2. The van der Waals surface area contributed by atoms with Gasteiger partial charge in [-0.25, -0.2) is 0 Å². The highest BCUT2D eigenvalue weighted by Crippen LogP contribution is 2.45. The molecule has 1 aromatic carbocycles. The average molecular weight is 328 g/mol. The average Bonchev–Trinajstić information content (AvgIpc) is 2.50. The molecule has 0 saturated heterocycles. The Kier molecular flexibility index (Phi) is 8.11. The number of rotatable bonds is 7. The molecule has 0 bridgehead atoms. The lowest BCUT2D eigenvalue weighted by Gasteiger charge is -2.32. The van der Waals surface area contributed by atoms with Crippen LogP contribution >= 0.6 is 12.4 Å². The van der Waals surface area contributed by atoms with Crippen LogP contribution in [0.1, 0.15) is 39.2 Å². The third kappa shape index (κ3) is 3.59. The van der Waals surface area contributed by atoms with Crippen molar-refractivity contribution >= 4 is 12.4 Å². The van der Waals surface area contributed by atoms with Gasteiger partial charge in [-0.05, 0) is 30.0 Å². The first-order chi connectivity index (χ1) is 10.00. The third-order valence-electron chi connectivity index (χ3n) is 4.01. The fourth-order valence-electron chi connectivity index (χ4n) is 2.75. The molecule has 0 aliphatic heterocycles. The molecule has 0 aliphatic carbocycles. The molecule has 0 saturated carbocycles. The van der Waals surface area contributed by atoms with Crippen LogP contribution < -0.4 is 14.2 Å². The molecule has 0 amide bonds. The van der Waals surface area contributed by atoms with Crippen LogP contribution in [0.2, 0.25) is 0 Å².